The van der Waals surface area contributed by atoms with Crippen LogP contribution < -0.4 is 15.5 Å². The Hall–Kier alpha value is -2.96. The Balaban J connectivity index is 0.00000432. The van der Waals surface area contributed by atoms with Crippen LogP contribution in [0.1, 0.15) is 66.1 Å². The predicted molar refractivity (Wildman–Crippen MR) is 144 cm³/mol. The van der Waals surface area contributed by atoms with Crippen LogP contribution in [0.2, 0.25) is 0 Å². The molecule has 190 valence electrons. The van der Waals surface area contributed by atoms with Gasteiger partial charge in [-0.2, -0.15) is 0 Å². The van der Waals surface area contributed by atoms with Crippen molar-refractivity contribution in [2.75, 3.05) is 32.1 Å². The number of nitrogens with one attached hydrogen (secondary N) is 2. The third-order valence-electron chi connectivity index (χ3n) is 6.72. The number of piperidine rings is 1. The summed E-state index contributed by atoms with van der Waals surface area (Å²) in [5.74, 6) is 0.520. The van der Waals surface area contributed by atoms with Crippen LogP contribution in [0, 0.1) is 0 Å². The van der Waals surface area contributed by atoms with E-state index in [2.05, 4.69) is 52.4 Å². The number of rotatable bonds is 13. The predicted octanol–water partition coefficient (Wildman–Crippen LogP) is 4.84. The Morgan fingerprint density at radius 3 is 2.46 bits per heavy atom. The van der Waals surface area contributed by atoms with E-state index in [1.165, 1.54) is 11.3 Å². The maximum absolute atomic E-state index is 11.6. The molecule has 0 saturated carbocycles. The van der Waals surface area contributed by atoms with E-state index in [4.69, 9.17) is 4.74 Å². The van der Waals surface area contributed by atoms with Gasteiger partial charge in [0.2, 0.25) is 0 Å². The van der Waals surface area contributed by atoms with Gasteiger partial charge in [-0.25, -0.2) is 0 Å². The fourth-order valence-corrected chi connectivity index (χ4v) is 4.50. The highest BCUT2D eigenvalue weighted by Crippen LogP contribution is 2.31. The number of ether oxygens (including phenoxy) is 1. The SMILES string of the molecule is C.C=C(CCC(C=O)NCc1cc(N2CCC(c3ccc(C=O)cc3)CC2)ccc1COC)NC. The summed E-state index contributed by atoms with van der Waals surface area (Å²) in [5, 5.41) is 6.43. The maximum atomic E-state index is 11.6. The van der Waals surface area contributed by atoms with Crippen molar-refractivity contribution in [3.8, 4) is 0 Å². The van der Waals surface area contributed by atoms with Crippen LogP contribution in [-0.4, -0.2) is 45.9 Å². The average molecular weight is 480 g/mol. The number of hydrogen-bond donors (Lipinski definition) is 2. The summed E-state index contributed by atoms with van der Waals surface area (Å²) < 4.78 is 5.41. The minimum atomic E-state index is -0.217. The second kappa shape index (κ2) is 14.4. The maximum Gasteiger partial charge on any atom is 0.150 e. The van der Waals surface area contributed by atoms with Crippen LogP contribution >= 0.6 is 0 Å². The van der Waals surface area contributed by atoms with E-state index in [0.29, 0.717) is 25.5 Å². The lowest BCUT2D eigenvalue weighted by Gasteiger charge is -2.34. The molecule has 0 bridgehead atoms. The molecule has 0 aromatic heterocycles. The summed E-state index contributed by atoms with van der Waals surface area (Å²) in [6, 6.07) is 14.3. The molecule has 2 aromatic carbocycles. The Morgan fingerprint density at radius 1 is 1.14 bits per heavy atom. The van der Waals surface area contributed by atoms with E-state index in [1.807, 2.05) is 19.2 Å². The molecule has 0 radical (unpaired) electrons. The van der Waals surface area contributed by atoms with Gasteiger partial charge in [-0.3, -0.25) is 4.79 Å². The van der Waals surface area contributed by atoms with Crippen molar-refractivity contribution in [3.63, 3.8) is 0 Å². The first-order chi connectivity index (χ1) is 16.6. The molecule has 1 aliphatic rings. The lowest BCUT2D eigenvalue weighted by atomic mass is 9.88. The lowest BCUT2D eigenvalue weighted by molar-refractivity contribution is -0.109. The summed E-state index contributed by atoms with van der Waals surface area (Å²) in [5.41, 5.74) is 6.46. The van der Waals surface area contributed by atoms with Gasteiger partial charge in [-0.05, 0) is 60.4 Å². The van der Waals surface area contributed by atoms with Crippen molar-refractivity contribution in [1.29, 1.82) is 0 Å². The van der Waals surface area contributed by atoms with Crippen LogP contribution in [-0.2, 0) is 22.7 Å². The first-order valence-corrected chi connectivity index (χ1v) is 12.0. The number of aldehydes is 2. The second-order valence-electron chi connectivity index (χ2n) is 8.95. The minimum absolute atomic E-state index is 0. The molecule has 2 aromatic rings. The molecule has 2 N–H and O–H groups in total. The third-order valence-corrected chi connectivity index (χ3v) is 6.72. The number of allylic oxidation sites excluding steroid dienone is 1. The molecule has 6 nitrogen and oxygen atoms in total. The van der Waals surface area contributed by atoms with Crippen molar-refractivity contribution in [1.82, 2.24) is 10.6 Å². The highest BCUT2D eigenvalue weighted by molar-refractivity contribution is 5.74. The first-order valence-electron chi connectivity index (χ1n) is 12.0. The molecule has 1 fully saturated rings. The molecule has 1 unspecified atom stereocenters. The molecule has 0 aliphatic carbocycles. The summed E-state index contributed by atoms with van der Waals surface area (Å²) in [6.07, 6.45) is 5.50. The zero-order valence-corrected chi connectivity index (χ0v) is 20.4. The Bertz CT molecular complexity index is 950. The zero-order chi connectivity index (χ0) is 24.3. The van der Waals surface area contributed by atoms with Crippen molar-refractivity contribution >= 4 is 18.3 Å². The summed E-state index contributed by atoms with van der Waals surface area (Å²) in [4.78, 5) is 24.9. The Morgan fingerprint density at radius 2 is 1.86 bits per heavy atom. The van der Waals surface area contributed by atoms with Crippen LogP contribution in [0.15, 0.2) is 54.7 Å². The molecular formula is C29H41N3O3. The molecule has 1 heterocycles. The van der Waals surface area contributed by atoms with Crippen LogP contribution in [0.3, 0.4) is 0 Å². The van der Waals surface area contributed by atoms with E-state index in [0.717, 1.165) is 67.3 Å². The van der Waals surface area contributed by atoms with E-state index in [-0.39, 0.29) is 13.5 Å². The van der Waals surface area contributed by atoms with Gasteiger partial charge in [0, 0.05) is 50.7 Å². The van der Waals surface area contributed by atoms with Gasteiger partial charge >= 0.3 is 0 Å². The van der Waals surface area contributed by atoms with Gasteiger partial charge in [-0.1, -0.05) is 44.3 Å². The average Bonchev–Trinajstić information content (AvgIpc) is 2.89. The molecular weight excluding hydrogens is 438 g/mol. The van der Waals surface area contributed by atoms with Crippen LogP contribution in [0.25, 0.3) is 0 Å². The fraction of sp³-hybridized carbons (Fsp3) is 0.448. The number of methoxy groups -OCH3 is 1. The van der Waals surface area contributed by atoms with Crippen molar-refractivity contribution in [2.45, 2.75) is 58.2 Å². The molecule has 0 spiro atoms. The van der Waals surface area contributed by atoms with E-state index >= 15 is 0 Å². The molecule has 3 rings (SSSR count). The monoisotopic (exact) mass is 479 g/mol. The van der Waals surface area contributed by atoms with E-state index in [9.17, 15) is 9.59 Å². The number of benzene rings is 2. The number of anilines is 1. The summed E-state index contributed by atoms with van der Waals surface area (Å²) in [7, 11) is 3.55. The van der Waals surface area contributed by atoms with Crippen LogP contribution in [0.4, 0.5) is 5.69 Å². The van der Waals surface area contributed by atoms with Gasteiger partial charge in [0.25, 0.3) is 0 Å². The highest BCUT2D eigenvalue weighted by Gasteiger charge is 2.21. The largest absolute Gasteiger partial charge is 0.392 e. The quantitative estimate of drug-likeness (QED) is 0.401. The Kier molecular flexibility index (Phi) is 11.7. The number of nitrogens with zero attached hydrogens (tertiary/aromatic N) is 1. The molecule has 0 amide bonds. The second-order valence-corrected chi connectivity index (χ2v) is 8.95. The van der Waals surface area contributed by atoms with Crippen molar-refractivity contribution in [2.24, 2.45) is 0 Å². The van der Waals surface area contributed by atoms with Gasteiger partial charge < -0.3 is 25.1 Å². The standard InChI is InChI=1S/C28H37N3O3.CH4/c1-21(29-2)4-10-27(19-33)30-17-26-16-28(11-9-25(26)20-34-3)31-14-12-24(13-15-31)23-7-5-22(18-32)6-8-23;/h5-9,11,16,18-19,24,27,29-30H,1,4,10,12-15,17,20H2,2-3H3;1H4. The smallest absolute Gasteiger partial charge is 0.150 e. The number of hydrogen-bond acceptors (Lipinski definition) is 6. The molecule has 1 saturated heterocycles. The zero-order valence-electron chi connectivity index (χ0n) is 20.4. The third kappa shape index (κ3) is 8.05. The highest BCUT2D eigenvalue weighted by atomic mass is 16.5. The van der Waals surface area contributed by atoms with E-state index < -0.39 is 0 Å². The first kappa shape index (κ1) is 28.3. The molecule has 1 atom stereocenters. The molecule has 35 heavy (non-hydrogen) atoms. The fourth-order valence-electron chi connectivity index (χ4n) is 4.50. The van der Waals surface area contributed by atoms with E-state index in [1.54, 1.807) is 7.11 Å². The topological polar surface area (TPSA) is 70.7 Å². The normalized spacial score (nSPS) is 14.6. The van der Waals surface area contributed by atoms with Gasteiger partial charge in [0.1, 0.15) is 12.6 Å². The van der Waals surface area contributed by atoms with Crippen molar-refractivity contribution in [3.05, 3.63) is 77.0 Å². The summed E-state index contributed by atoms with van der Waals surface area (Å²) in [6.45, 7) is 7.07. The minimum Gasteiger partial charge on any atom is -0.392 e. The summed E-state index contributed by atoms with van der Waals surface area (Å²) >= 11 is 0. The van der Waals surface area contributed by atoms with Gasteiger partial charge in [0.15, 0.2) is 0 Å². The lowest BCUT2D eigenvalue weighted by Crippen LogP contribution is -2.33. The number of carbonyl (C=O) groups is 2. The Labute approximate surface area is 210 Å². The van der Waals surface area contributed by atoms with Gasteiger partial charge in [-0.15, -0.1) is 0 Å². The van der Waals surface area contributed by atoms with Crippen molar-refractivity contribution < 1.29 is 14.3 Å². The molecule has 6 heteroatoms. The molecule has 1 aliphatic heterocycles. The number of carbonyl (C=O) groups excluding carboxylic acids is 2. The van der Waals surface area contributed by atoms with Gasteiger partial charge in [0.05, 0.1) is 12.6 Å². The van der Waals surface area contributed by atoms with Crippen LogP contribution in [0.5, 0.6) is 0 Å².